The molecule has 15 nitrogen and oxygen atoms in total. The Hall–Kier alpha value is -14.8. The van der Waals surface area contributed by atoms with Gasteiger partial charge in [0, 0.05) is 184 Å². The van der Waals surface area contributed by atoms with Crippen LogP contribution in [0, 0.1) is 92.8 Å². The van der Waals surface area contributed by atoms with Gasteiger partial charge in [0.05, 0.1) is 13.1 Å². The number of thiophene rings is 2. The fourth-order valence-corrected chi connectivity index (χ4v) is 19.7. The monoisotopic (exact) mass is 1970 g/mol. The van der Waals surface area contributed by atoms with Gasteiger partial charge in [-0.3, -0.25) is 24.0 Å². The van der Waals surface area contributed by atoms with Crippen molar-refractivity contribution >= 4 is 106 Å². The summed E-state index contributed by atoms with van der Waals surface area (Å²) in [5.41, 5.74) is 14.7. The summed E-state index contributed by atoms with van der Waals surface area (Å²) in [6.45, 7) is 17.2. The number of rotatable bonds is 32. The van der Waals surface area contributed by atoms with Gasteiger partial charge in [0.1, 0.15) is 63.7 Å². The van der Waals surface area contributed by atoms with E-state index in [0.717, 1.165) is 171 Å². The lowest BCUT2D eigenvalue weighted by atomic mass is 10.00. The zero-order valence-electron chi connectivity index (χ0n) is 79.2. The van der Waals surface area contributed by atoms with Crippen LogP contribution in [-0.4, -0.2) is 77.3 Å². The molecule has 11 aromatic carbocycles. The van der Waals surface area contributed by atoms with E-state index in [0.29, 0.717) is 98.7 Å². The third-order valence-electron chi connectivity index (χ3n) is 25.4. The van der Waals surface area contributed by atoms with E-state index >= 15 is 0 Å². The summed E-state index contributed by atoms with van der Waals surface area (Å²) in [4.78, 5) is 67.5. The maximum atomic E-state index is 13.9. The van der Waals surface area contributed by atoms with Gasteiger partial charge in [0.2, 0.25) is 0 Å². The molecule has 0 aliphatic rings. The van der Waals surface area contributed by atoms with Crippen LogP contribution in [0.2, 0.25) is 0 Å². The molecule has 0 bridgehead atoms. The predicted octanol–water partition coefficient (Wildman–Crippen LogP) is 28.6. The summed E-state index contributed by atoms with van der Waals surface area (Å²) in [7, 11) is 0. The minimum atomic E-state index is -0.913. The number of hydrogen-bond acceptors (Lipinski definition) is 12. The van der Waals surface area contributed by atoms with Gasteiger partial charge in [0.25, 0.3) is 0 Å². The second kappa shape index (κ2) is 46.5. The molecule has 7 aromatic heterocycles. The van der Waals surface area contributed by atoms with E-state index in [4.69, 9.17) is 0 Å². The van der Waals surface area contributed by atoms with Crippen molar-refractivity contribution in [3.8, 4) is 28.7 Å². The maximum absolute atomic E-state index is 13.9. The van der Waals surface area contributed by atoms with Crippen LogP contribution in [-0.2, 0) is 64.8 Å². The Morgan fingerprint density at radius 1 is 0.268 bits per heavy atom. The molecule has 732 valence electrons. The fourth-order valence-electron chi connectivity index (χ4n) is 18.4. The van der Waals surface area contributed by atoms with Crippen LogP contribution in [0.1, 0.15) is 195 Å². The zero-order chi connectivity index (χ0) is 101. The van der Waals surface area contributed by atoms with Crippen molar-refractivity contribution in [3.63, 3.8) is 0 Å². The number of benzene rings is 11. The maximum Gasteiger partial charge on any atom is 0.165 e. The van der Waals surface area contributed by atoms with E-state index in [9.17, 15) is 93.4 Å². The van der Waals surface area contributed by atoms with Crippen molar-refractivity contribution in [2.45, 2.75) is 171 Å². The van der Waals surface area contributed by atoms with E-state index in [1.54, 1.807) is 95.5 Å². The number of aromatic nitrogens is 5. The van der Waals surface area contributed by atoms with Crippen molar-refractivity contribution < 1.29 is 93.4 Å². The van der Waals surface area contributed by atoms with Crippen molar-refractivity contribution in [2.24, 2.45) is 0 Å². The van der Waals surface area contributed by atoms with Crippen LogP contribution < -0.4 is 0 Å². The molecule has 0 atom stereocenters. The Labute approximate surface area is 822 Å². The van der Waals surface area contributed by atoms with Gasteiger partial charge >= 0.3 is 0 Å². The summed E-state index contributed by atoms with van der Waals surface area (Å²) in [5.74, 6) is -7.31. The molecule has 142 heavy (non-hydrogen) atoms. The molecule has 0 unspecified atom stereocenters. The van der Waals surface area contributed by atoms with Crippen molar-refractivity contribution in [1.82, 2.24) is 22.8 Å². The van der Waals surface area contributed by atoms with Crippen LogP contribution in [0.15, 0.2) is 247 Å². The zero-order valence-corrected chi connectivity index (χ0v) is 80.8. The fraction of sp³-hybridized carbons (Fsp3) is 0.226. The molecule has 0 radical (unpaired) electrons. The number of fused-ring (bicyclic) bond motifs is 5. The molecule has 0 fully saturated rings. The number of carbonyl (C=O) groups excluding carboxylic acids is 5. The molecule has 0 saturated heterocycles. The number of ketones is 5. The Morgan fingerprint density at radius 2 is 0.570 bits per heavy atom. The number of hydrogen-bond donors (Lipinski definition) is 5. The molecule has 0 amide bonds. The number of aryl methyl sites for hydroxylation is 7. The van der Waals surface area contributed by atoms with E-state index in [-0.39, 0.29) is 115 Å². The first-order valence-electron chi connectivity index (χ1n) is 46.7. The van der Waals surface area contributed by atoms with Crippen LogP contribution in [0.5, 0.6) is 28.7 Å². The largest absolute Gasteiger partial charge is 0.508 e. The van der Waals surface area contributed by atoms with Gasteiger partial charge in [-0.25, -0.2) is 43.9 Å². The molecule has 5 N–H and O–H groups in total. The number of phenolic OH excluding ortho intramolecular Hbond substituents is 5. The Bertz CT molecular complexity index is 7650. The molecule has 7 heterocycles. The minimum absolute atomic E-state index is 0.0506. The van der Waals surface area contributed by atoms with Gasteiger partial charge in [-0.05, 0) is 294 Å². The first-order valence-corrected chi connectivity index (χ1v) is 48.4. The number of nitrogens with zero attached hydrogens (tertiary/aromatic N) is 5. The van der Waals surface area contributed by atoms with Gasteiger partial charge < -0.3 is 48.4 Å². The number of Topliss-reactive ketones (excluding diaryl/α,β-unsaturated/α-hetero) is 5. The summed E-state index contributed by atoms with van der Waals surface area (Å²) < 4.78 is 144. The number of aromatic hydroxyl groups is 5. The molecule has 0 spiro atoms. The third-order valence-corrected chi connectivity index (χ3v) is 27.1. The lowest BCUT2D eigenvalue weighted by Gasteiger charge is -2.09. The Kier molecular flexibility index (Phi) is 33.7. The lowest BCUT2D eigenvalue weighted by Crippen LogP contribution is -2.06. The number of unbranched alkanes of at least 4 members (excludes halogenated alkanes) is 2. The second-order valence-electron chi connectivity index (χ2n) is 35.1. The normalized spacial score (nSPS) is 11.2. The first kappa shape index (κ1) is 103. The van der Waals surface area contributed by atoms with E-state index in [1.165, 1.54) is 41.3 Å². The van der Waals surface area contributed by atoms with Crippen molar-refractivity contribution in [3.05, 3.63) is 405 Å². The summed E-state index contributed by atoms with van der Waals surface area (Å²) in [6.07, 6.45) is 5.96. The van der Waals surface area contributed by atoms with Gasteiger partial charge in [-0.15, -0.1) is 22.7 Å². The minimum Gasteiger partial charge on any atom is -0.508 e. The molecular formula is C115H105F10N5O10S2. The smallest absolute Gasteiger partial charge is 0.165 e. The highest BCUT2D eigenvalue weighted by molar-refractivity contribution is 7.10. The number of phenols is 5. The lowest BCUT2D eigenvalue weighted by molar-refractivity contribution is 0.0975. The van der Waals surface area contributed by atoms with Gasteiger partial charge in [-0.1, -0.05) is 81.3 Å². The highest BCUT2D eigenvalue weighted by Gasteiger charge is 2.28. The van der Waals surface area contributed by atoms with Gasteiger partial charge in [0.15, 0.2) is 52.2 Å². The van der Waals surface area contributed by atoms with E-state index in [1.807, 2.05) is 118 Å². The molecule has 18 rings (SSSR count). The second-order valence-corrected chi connectivity index (χ2v) is 37.2. The summed E-state index contributed by atoms with van der Waals surface area (Å²) >= 11 is 3.28. The quantitative estimate of drug-likeness (QED) is 0.0199. The van der Waals surface area contributed by atoms with Crippen LogP contribution in [0.3, 0.4) is 0 Å². The molecule has 0 saturated carbocycles. The molecule has 27 heteroatoms. The molecule has 0 aliphatic heterocycles. The molecular weight excluding hydrogens is 1870 g/mol. The Morgan fingerprint density at radius 3 is 0.887 bits per heavy atom. The SMILES string of the molecule is CCCCn1c(C)c(C(=O)CCc2cc(F)cc(F)c2)c2cc(O)ccc21.CCCCn1c(C)c(C(=O)CCc2ccc(F)c(F)c2)c2cc(O)ccc21.Cc1c(C(=O)CCc2cc(F)cc(F)c2)c2cc(O)ccc2n1Cc1ccccc1.Cc1c(C(=O)CCc2cc(F)ccc2F)c2cc(O)ccc2n1Cc1cccs1.Cc1c(C(=O)CCc2ccc(F)c(F)c2)c2cc(O)ccc2n1Cc1cccs1. The number of halogens is 10. The van der Waals surface area contributed by atoms with E-state index < -0.39 is 58.2 Å². The Balaban J connectivity index is 0.000000141. The summed E-state index contributed by atoms with van der Waals surface area (Å²) in [5, 5.41) is 57.2. The average Bonchev–Trinajstić information content (AvgIpc) is 1.65. The summed E-state index contributed by atoms with van der Waals surface area (Å²) in [6, 6.07) is 60.4. The van der Waals surface area contributed by atoms with Crippen LogP contribution in [0.4, 0.5) is 43.9 Å². The van der Waals surface area contributed by atoms with Crippen LogP contribution in [0.25, 0.3) is 54.5 Å². The molecule has 18 aromatic rings. The van der Waals surface area contributed by atoms with E-state index in [2.05, 4.69) is 36.7 Å². The highest BCUT2D eigenvalue weighted by atomic mass is 32.1. The highest BCUT2D eigenvalue weighted by Crippen LogP contribution is 2.39. The standard InChI is InChI=1S/C25H21F2NO2.2C23H19F2NO2S.2C22H23F2NO2/c1-16-25(24(30)10-7-18-11-19(26)13-20(27)12-18)22-14-21(29)8-9-23(22)28(16)15-17-5-3-2-4-6-17;1-14-23(22(28)9-4-15-11-16(24)5-7-20(15)25)19-12-17(27)6-8-21(19)26(14)13-18-3-2-10-29-18;1-14-23(22(28)9-5-15-4-7-19(24)20(25)11-15)18-12-16(27)6-8-21(18)26(14)13-17-3-2-10-29-17;1-3-4-11-25-14(2)22(17-13-16(26)7-9-20(17)25)21(27)10-6-15-5-8-18(23)19(24)12-15;1-3-4-9-25-14(2)22(19-13-18(26)6-7-20(19)25)21(27)8-5-15-10-16(23)12-17(24)11-15/h2-6,8-9,11-14,29H,7,10,15H2,1H3;2-3,5-8,10-12,27H,4,9,13H2,1H3;2-4,6-8,10-12,27H,5,9,13H2,1H3;5,7-9,12-13,26H,3-4,6,10-11H2,1-2H3;6-7,10-13,26H,3-5,8-9H2,1-2H3. The predicted molar refractivity (Wildman–Crippen MR) is 539 cm³/mol. The third kappa shape index (κ3) is 24.6. The van der Waals surface area contributed by atoms with Crippen molar-refractivity contribution in [1.29, 1.82) is 0 Å². The topological polar surface area (TPSA) is 211 Å². The molecule has 0 aliphatic carbocycles. The van der Waals surface area contributed by atoms with Crippen molar-refractivity contribution in [2.75, 3.05) is 0 Å². The number of carbonyl (C=O) groups is 5. The van der Waals surface area contributed by atoms with Gasteiger partial charge in [-0.2, -0.15) is 0 Å². The van der Waals surface area contributed by atoms with Crippen LogP contribution >= 0.6 is 22.7 Å². The average molecular weight is 1970 g/mol. The first-order chi connectivity index (χ1) is 68.1.